The normalized spacial score (nSPS) is 12.7. The van der Waals surface area contributed by atoms with E-state index in [1.165, 1.54) is 7.11 Å². The largest absolute Gasteiger partial charge is 0.469 e. The van der Waals surface area contributed by atoms with E-state index in [1.54, 1.807) is 18.2 Å². The first-order valence-electron chi connectivity index (χ1n) is 7.19. The smallest absolute Gasteiger partial charge is 0.307 e. The van der Waals surface area contributed by atoms with Gasteiger partial charge in [0.1, 0.15) is 0 Å². The summed E-state index contributed by atoms with van der Waals surface area (Å²) in [5.41, 5.74) is 0.594. The van der Waals surface area contributed by atoms with Gasteiger partial charge in [0.05, 0.1) is 26.2 Å². The molecule has 1 aromatic rings. The molecule has 0 saturated carbocycles. The minimum Gasteiger partial charge on any atom is -0.469 e. The number of aliphatic imine (C=N–C) groups is 1. The number of esters is 1. The Balaban J connectivity index is 2.62. The second-order valence-electron chi connectivity index (χ2n) is 4.69. The second-order valence-corrected chi connectivity index (χ2v) is 5.56. The standard InChI is InChI=1S/C15H21Cl2N3O3/c1-3-18-15(19-5-4-14(22)23-2)20-9-13(21)10-6-11(16)8-12(17)7-10/h6-8,13,21H,3-5,9H2,1-2H3,(H2,18,19,20). The Hall–Kier alpha value is -1.50. The first kappa shape index (κ1) is 19.5. The highest BCUT2D eigenvalue weighted by atomic mass is 35.5. The lowest BCUT2D eigenvalue weighted by Crippen LogP contribution is -2.38. The fraction of sp³-hybridized carbons (Fsp3) is 0.467. The van der Waals surface area contributed by atoms with Crippen molar-refractivity contribution < 1.29 is 14.6 Å². The SMILES string of the molecule is CCNC(=NCC(O)c1cc(Cl)cc(Cl)c1)NCCC(=O)OC. The molecule has 3 N–H and O–H groups in total. The van der Waals surface area contributed by atoms with Gasteiger partial charge < -0.3 is 20.5 Å². The predicted molar refractivity (Wildman–Crippen MR) is 92.0 cm³/mol. The van der Waals surface area contributed by atoms with E-state index in [0.717, 1.165) is 0 Å². The summed E-state index contributed by atoms with van der Waals surface area (Å²) in [7, 11) is 1.34. The Bertz CT molecular complexity index is 533. The summed E-state index contributed by atoms with van der Waals surface area (Å²) in [4.78, 5) is 15.4. The summed E-state index contributed by atoms with van der Waals surface area (Å²) in [5.74, 6) is 0.200. The van der Waals surface area contributed by atoms with Gasteiger partial charge in [-0.05, 0) is 30.7 Å². The molecular formula is C15H21Cl2N3O3. The molecule has 0 aliphatic rings. The molecule has 23 heavy (non-hydrogen) atoms. The molecule has 1 atom stereocenters. The molecule has 0 aliphatic carbocycles. The van der Waals surface area contributed by atoms with Crippen molar-refractivity contribution >= 4 is 35.1 Å². The third-order valence-electron chi connectivity index (χ3n) is 2.89. The molecule has 8 heteroatoms. The molecule has 0 aliphatic heterocycles. The molecule has 0 fully saturated rings. The Morgan fingerprint density at radius 2 is 1.96 bits per heavy atom. The average Bonchev–Trinajstić information content (AvgIpc) is 2.51. The number of guanidine groups is 1. The number of halogens is 2. The number of hydrogen-bond acceptors (Lipinski definition) is 4. The zero-order valence-electron chi connectivity index (χ0n) is 13.1. The van der Waals surface area contributed by atoms with Crippen LogP contribution in [0.3, 0.4) is 0 Å². The molecule has 1 rings (SSSR count). The molecule has 0 heterocycles. The number of carbonyl (C=O) groups is 1. The van der Waals surface area contributed by atoms with E-state index < -0.39 is 6.10 Å². The highest BCUT2D eigenvalue weighted by molar-refractivity contribution is 6.34. The first-order valence-corrected chi connectivity index (χ1v) is 7.95. The van der Waals surface area contributed by atoms with Gasteiger partial charge in [0.15, 0.2) is 5.96 Å². The van der Waals surface area contributed by atoms with E-state index in [2.05, 4.69) is 20.4 Å². The highest BCUT2D eigenvalue weighted by Gasteiger charge is 2.10. The van der Waals surface area contributed by atoms with Crippen LogP contribution in [0.25, 0.3) is 0 Å². The Morgan fingerprint density at radius 3 is 2.52 bits per heavy atom. The number of rotatable bonds is 7. The van der Waals surface area contributed by atoms with Gasteiger partial charge in [-0.1, -0.05) is 23.2 Å². The fourth-order valence-corrected chi connectivity index (χ4v) is 2.32. The van der Waals surface area contributed by atoms with E-state index in [0.29, 0.717) is 34.7 Å². The molecule has 128 valence electrons. The average molecular weight is 362 g/mol. The first-order chi connectivity index (χ1) is 11.0. The van der Waals surface area contributed by atoms with Gasteiger partial charge >= 0.3 is 5.97 Å². The Kier molecular flexibility index (Phi) is 8.76. The zero-order valence-corrected chi connectivity index (χ0v) is 14.6. The molecule has 1 unspecified atom stereocenters. The lowest BCUT2D eigenvalue weighted by atomic mass is 10.1. The number of carbonyl (C=O) groups excluding carboxylic acids is 1. The molecular weight excluding hydrogens is 341 g/mol. The summed E-state index contributed by atoms with van der Waals surface area (Å²) in [6.07, 6.45) is -0.602. The van der Waals surface area contributed by atoms with Crippen LogP contribution in [0.15, 0.2) is 23.2 Å². The Labute approximate surface area is 145 Å². The van der Waals surface area contributed by atoms with Crippen LogP contribution in [-0.2, 0) is 9.53 Å². The molecule has 0 amide bonds. The van der Waals surface area contributed by atoms with Crippen LogP contribution in [-0.4, -0.2) is 43.8 Å². The van der Waals surface area contributed by atoms with E-state index in [-0.39, 0.29) is 18.9 Å². The van der Waals surface area contributed by atoms with Crippen molar-refractivity contribution in [2.75, 3.05) is 26.7 Å². The summed E-state index contributed by atoms with van der Waals surface area (Å²) in [5, 5.41) is 17.1. The van der Waals surface area contributed by atoms with Gasteiger partial charge in [0.2, 0.25) is 0 Å². The van der Waals surface area contributed by atoms with E-state index >= 15 is 0 Å². The number of nitrogens with one attached hydrogen (secondary N) is 2. The van der Waals surface area contributed by atoms with Crippen molar-refractivity contribution in [1.82, 2.24) is 10.6 Å². The maximum atomic E-state index is 11.1. The minimum absolute atomic E-state index is 0.129. The van der Waals surface area contributed by atoms with Gasteiger partial charge in [-0.25, -0.2) is 0 Å². The fourth-order valence-electron chi connectivity index (χ4n) is 1.78. The van der Waals surface area contributed by atoms with Crippen LogP contribution in [0.4, 0.5) is 0 Å². The molecule has 0 spiro atoms. The van der Waals surface area contributed by atoms with E-state index in [9.17, 15) is 9.90 Å². The van der Waals surface area contributed by atoms with Crippen LogP contribution in [0.2, 0.25) is 10.0 Å². The van der Waals surface area contributed by atoms with Gasteiger partial charge in [0, 0.05) is 23.1 Å². The van der Waals surface area contributed by atoms with Crippen LogP contribution in [0.1, 0.15) is 25.0 Å². The number of nitrogens with zero attached hydrogens (tertiary/aromatic N) is 1. The van der Waals surface area contributed by atoms with Crippen molar-refractivity contribution in [2.45, 2.75) is 19.4 Å². The summed E-state index contributed by atoms with van der Waals surface area (Å²) in [6, 6.07) is 4.89. The maximum absolute atomic E-state index is 11.1. The third kappa shape index (κ3) is 7.54. The van der Waals surface area contributed by atoms with Crippen molar-refractivity contribution in [1.29, 1.82) is 0 Å². The monoisotopic (exact) mass is 361 g/mol. The molecule has 0 aromatic heterocycles. The quantitative estimate of drug-likeness (QED) is 0.393. The number of aliphatic hydroxyl groups is 1. The number of aliphatic hydroxyl groups excluding tert-OH is 1. The van der Waals surface area contributed by atoms with E-state index in [4.69, 9.17) is 23.2 Å². The predicted octanol–water partition coefficient (Wildman–Crippen LogP) is 2.14. The van der Waals surface area contributed by atoms with Crippen molar-refractivity contribution in [3.63, 3.8) is 0 Å². The van der Waals surface area contributed by atoms with Gasteiger partial charge in [0.25, 0.3) is 0 Å². The van der Waals surface area contributed by atoms with Crippen LogP contribution in [0.5, 0.6) is 0 Å². The van der Waals surface area contributed by atoms with Crippen molar-refractivity contribution in [3.8, 4) is 0 Å². The minimum atomic E-state index is -0.831. The molecule has 0 radical (unpaired) electrons. The number of hydrogen-bond donors (Lipinski definition) is 3. The molecule has 6 nitrogen and oxygen atoms in total. The third-order valence-corrected chi connectivity index (χ3v) is 3.32. The van der Waals surface area contributed by atoms with Crippen LogP contribution in [0, 0.1) is 0 Å². The van der Waals surface area contributed by atoms with Gasteiger partial charge in [-0.3, -0.25) is 9.79 Å². The van der Waals surface area contributed by atoms with Crippen molar-refractivity contribution in [2.24, 2.45) is 4.99 Å². The van der Waals surface area contributed by atoms with Crippen LogP contribution >= 0.6 is 23.2 Å². The molecule has 0 saturated heterocycles. The van der Waals surface area contributed by atoms with Crippen LogP contribution < -0.4 is 10.6 Å². The lowest BCUT2D eigenvalue weighted by Gasteiger charge is -2.13. The maximum Gasteiger partial charge on any atom is 0.307 e. The zero-order chi connectivity index (χ0) is 17.2. The summed E-state index contributed by atoms with van der Waals surface area (Å²) in [6.45, 7) is 3.09. The van der Waals surface area contributed by atoms with Gasteiger partial charge in [-0.2, -0.15) is 0 Å². The highest BCUT2D eigenvalue weighted by Crippen LogP contribution is 2.23. The molecule has 1 aromatic carbocycles. The number of benzene rings is 1. The second kappa shape index (κ2) is 10.3. The van der Waals surface area contributed by atoms with Gasteiger partial charge in [-0.15, -0.1) is 0 Å². The molecule has 0 bridgehead atoms. The number of methoxy groups -OCH3 is 1. The topological polar surface area (TPSA) is 83.0 Å². The lowest BCUT2D eigenvalue weighted by molar-refractivity contribution is -0.140. The van der Waals surface area contributed by atoms with E-state index in [1.807, 2.05) is 6.92 Å². The van der Waals surface area contributed by atoms with Crippen molar-refractivity contribution in [3.05, 3.63) is 33.8 Å². The number of ether oxygens (including phenoxy) is 1. The Morgan fingerprint density at radius 1 is 1.30 bits per heavy atom. The summed E-state index contributed by atoms with van der Waals surface area (Å²) >= 11 is 11.8. The summed E-state index contributed by atoms with van der Waals surface area (Å²) < 4.78 is 4.57.